The van der Waals surface area contributed by atoms with Crippen LogP contribution in [-0.4, -0.2) is 53.1 Å². The molecule has 2 aliphatic rings. The van der Waals surface area contributed by atoms with E-state index in [1.165, 1.54) is 44.7 Å². The summed E-state index contributed by atoms with van der Waals surface area (Å²) >= 11 is 0. The van der Waals surface area contributed by atoms with E-state index in [1.807, 2.05) is 0 Å². The van der Waals surface area contributed by atoms with Gasteiger partial charge in [-0.15, -0.1) is 0 Å². The lowest BCUT2D eigenvalue weighted by molar-refractivity contribution is 0.0693. The molecule has 0 spiro atoms. The van der Waals surface area contributed by atoms with Crippen LogP contribution in [0.15, 0.2) is 16.7 Å². The zero-order valence-corrected chi connectivity index (χ0v) is 11.0. The number of aromatic carboxylic acids is 1. The average molecular weight is 264 g/mol. The number of rotatable bonds is 4. The van der Waals surface area contributed by atoms with Gasteiger partial charge in [-0.05, 0) is 38.4 Å². The Kier molecular flexibility index (Phi) is 3.57. The SMILES string of the molecule is O=C(O)c1ccoc1CN1CCC(N2CCCC2)C1. The second-order valence-corrected chi connectivity index (χ2v) is 5.48. The van der Waals surface area contributed by atoms with E-state index in [2.05, 4.69) is 9.80 Å². The molecule has 1 unspecified atom stereocenters. The lowest BCUT2D eigenvalue weighted by Crippen LogP contribution is -2.35. The van der Waals surface area contributed by atoms with E-state index < -0.39 is 5.97 Å². The third-order valence-electron chi connectivity index (χ3n) is 4.25. The lowest BCUT2D eigenvalue weighted by atomic mass is 10.2. The van der Waals surface area contributed by atoms with Gasteiger partial charge < -0.3 is 9.52 Å². The molecule has 1 atom stereocenters. The fourth-order valence-electron chi connectivity index (χ4n) is 3.22. The molecular weight excluding hydrogens is 244 g/mol. The number of hydrogen-bond acceptors (Lipinski definition) is 4. The predicted molar refractivity (Wildman–Crippen MR) is 70.2 cm³/mol. The van der Waals surface area contributed by atoms with Crippen molar-refractivity contribution in [3.8, 4) is 0 Å². The van der Waals surface area contributed by atoms with Crippen LogP contribution in [0.5, 0.6) is 0 Å². The number of nitrogens with zero attached hydrogens (tertiary/aromatic N) is 2. The van der Waals surface area contributed by atoms with Gasteiger partial charge in [-0.25, -0.2) is 4.79 Å². The second kappa shape index (κ2) is 5.35. The summed E-state index contributed by atoms with van der Waals surface area (Å²) < 4.78 is 5.31. The fourth-order valence-corrected chi connectivity index (χ4v) is 3.22. The highest BCUT2D eigenvalue weighted by Gasteiger charge is 2.30. The monoisotopic (exact) mass is 264 g/mol. The van der Waals surface area contributed by atoms with Gasteiger partial charge in [0.1, 0.15) is 11.3 Å². The molecule has 2 saturated heterocycles. The average Bonchev–Trinajstić information content (AvgIpc) is 3.09. The van der Waals surface area contributed by atoms with Gasteiger partial charge in [0.2, 0.25) is 0 Å². The molecule has 1 aromatic rings. The molecule has 19 heavy (non-hydrogen) atoms. The Morgan fingerprint density at radius 2 is 2.16 bits per heavy atom. The van der Waals surface area contributed by atoms with E-state index >= 15 is 0 Å². The van der Waals surface area contributed by atoms with Crippen LogP contribution >= 0.6 is 0 Å². The molecule has 5 heteroatoms. The van der Waals surface area contributed by atoms with E-state index in [-0.39, 0.29) is 0 Å². The third-order valence-corrected chi connectivity index (χ3v) is 4.25. The van der Waals surface area contributed by atoms with Crippen molar-refractivity contribution >= 4 is 5.97 Å². The van der Waals surface area contributed by atoms with Crippen LogP contribution in [0.3, 0.4) is 0 Å². The molecule has 0 aliphatic carbocycles. The maximum absolute atomic E-state index is 11.0. The first-order valence-corrected chi connectivity index (χ1v) is 7.00. The molecule has 2 aliphatic heterocycles. The minimum Gasteiger partial charge on any atom is -0.478 e. The van der Waals surface area contributed by atoms with Crippen LogP contribution in [0.2, 0.25) is 0 Å². The minimum absolute atomic E-state index is 0.296. The zero-order valence-electron chi connectivity index (χ0n) is 11.0. The molecule has 104 valence electrons. The van der Waals surface area contributed by atoms with Gasteiger partial charge in [-0.3, -0.25) is 9.80 Å². The van der Waals surface area contributed by atoms with Gasteiger partial charge in [0.15, 0.2) is 0 Å². The summed E-state index contributed by atoms with van der Waals surface area (Å²) in [5, 5.41) is 9.07. The summed E-state index contributed by atoms with van der Waals surface area (Å²) in [6.07, 6.45) is 5.28. The highest BCUT2D eigenvalue weighted by molar-refractivity contribution is 5.88. The smallest absolute Gasteiger partial charge is 0.339 e. The molecule has 2 fully saturated rings. The van der Waals surface area contributed by atoms with Crippen LogP contribution < -0.4 is 0 Å². The van der Waals surface area contributed by atoms with Crippen LogP contribution in [0, 0.1) is 0 Å². The normalized spacial score (nSPS) is 25.2. The fraction of sp³-hybridized carbons (Fsp3) is 0.643. The first kappa shape index (κ1) is 12.7. The highest BCUT2D eigenvalue weighted by atomic mass is 16.4. The molecule has 1 N–H and O–H groups in total. The van der Waals surface area contributed by atoms with Crippen molar-refractivity contribution in [3.05, 3.63) is 23.7 Å². The Balaban J connectivity index is 1.59. The van der Waals surface area contributed by atoms with E-state index in [0.717, 1.165) is 13.1 Å². The van der Waals surface area contributed by atoms with Crippen molar-refractivity contribution in [1.29, 1.82) is 0 Å². The Hall–Kier alpha value is -1.33. The molecule has 3 heterocycles. The van der Waals surface area contributed by atoms with Gasteiger partial charge in [-0.2, -0.15) is 0 Å². The second-order valence-electron chi connectivity index (χ2n) is 5.48. The van der Waals surface area contributed by atoms with Crippen molar-refractivity contribution < 1.29 is 14.3 Å². The first-order valence-electron chi connectivity index (χ1n) is 7.00. The van der Waals surface area contributed by atoms with Crippen molar-refractivity contribution in [2.75, 3.05) is 26.2 Å². The van der Waals surface area contributed by atoms with E-state index in [9.17, 15) is 4.79 Å². The Morgan fingerprint density at radius 1 is 1.37 bits per heavy atom. The summed E-state index contributed by atoms with van der Waals surface area (Å²) in [7, 11) is 0. The molecule has 3 rings (SSSR count). The quantitative estimate of drug-likeness (QED) is 0.896. The highest BCUT2D eigenvalue weighted by Crippen LogP contribution is 2.23. The molecule has 0 aromatic carbocycles. The van der Waals surface area contributed by atoms with Crippen LogP contribution in [0.4, 0.5) is 0 Å². The van der Waals surface area contributed by atoms with Gasteiger partial charge in [0, 0.05) is 19.1 Å². The number of likely N-dealkylation sites (tertiary alicyclic amines) is 2. The standard InChI is InChI=1S/C14H20N2O3/c17-14(18)12-4-8-19-13(12)10-15-7-3-11(9-15)16-5-1-2-6-16/h4,8,11H,1-3,5-7,9-10H2,(H,17,18). The molecule has 0 radical (unpaired) electrons. The van der Waals surface area contributed by atoms with E-state index in [0.29, 0.717) is 23.9 Å². The number of furan rings is 1. The van der Waals surface area contributed by atoms with Crippen LogP contribution in [0.1, 0.15) is 35.4 Å². The lowest BCUT2D eigenvalue weighted by Gasteiger charge is -2.23. The Morgan fingerprint density at radius 3 is 2.89 bits per heavy atom. The summed E-state index contributed by atoms with van der Waals surface area (Å²) in [5.41, 5.74) is 0.296. The molecule has 1 aromatic heterocycles. The predicted octanol–water partition coefficient (Wildman–Crippen LogP) is 1.65. The van der Waals surface area contributed by atoms with Crippen LogP contribution in [0.25, 0.3) is 0 Å². The summed E-state index contributed by atoms with van der Waals surface area (Å²) in [5.74, 6) is -0.325. The van der Waals surface area contributed by atoms with Gasteiger partial charge in [-0.1, -0.05) is 0 Å². The third kappa shape index (κ3) is 2.67. The van der Waals surface area contributed by atoms with Gasteiger partial charge in [0.05, 0.1) is 12.8 Å². The topological polar surface area (TPSA) is 56.9 Å². The molecule has 0 saturated carbocycles. The summed E-state index contributed by atoms with van der Waals surface area (Å²) in [4.78, 5) is 15.9. The molecular formula is C14H20N2O3. The van der Waals surface area contributed by atoms with Crippen molar-refractivity contribution in [2.45, 2.75) is 31.8 Å². The summed E-state index contributed by atoms with van der Waals surface area (Å²) in [6.45, 7) is 5.11. The maximum atomic E-state index is 11.0. The number of carboxylic acids is 1. The van der Waals surface area contributed by atoms with Crippen molar-refractivity contribution in [3.63, 3.8) is 0 Å². The number of carboxylic acid groups (broad SMARTS) is 1. The van der Waals surface area contributed by atoms with E-state index in [1.54, 1.807) is 0 Å². The zero-order chi connectivity index (χ0) is 13.2. The van der Waals surface area contributed by atoms with Crippen molar-refractivity contribution in [1.82, 2.24) is 9.80 Å². The molecule has 0 bridgehead atoms. The van der Waals surface area contributed by atoms with Crippen LogP contribution in [-0.2, 0) is 6.54 Å². The van der Waals surface area contributed by atoms with Gasteiger partial charge in [0.25, 0.3) is 0 Å². The Labute approximate surface area is 112 Å². The number of carbonyl (C=O) groups is 1. The molecule has 0 amide bonds. The largest absolute Gasteiger partial charge is 0.478 e. The van der Waals surface area contributed by atoms with E-state index in [4.69, 9.17) is 9.52 Å². The minimum atomic E-state index is -0.904. The Bertz CT molecular complexity index is 451. The maximum Gasteiger partial charge on any atom is 0.339 e. The van der Waals surface area contributed by atoms with Crippen molar-refractivity contribution in [2.24, 2.45) is 0 Å². The van der Waals surface area contributed by atoms with Gasteiger partial charge >= 0.3 is 5.97 Å². The summed E-state index contributed by atoms with van der Waals surface area (Å²) in [6, 6.07) is 2.18. The first-order chi connectivity index (χ1) is 9.24. The molecule has 5 nitrogen and oxygen atoms in total. The number of hydrogen-bond donors (Lipinski definition) is 1.